The Morgan fingerprint density at radius 3 is 1.86 bits per heavy atom. The minimum atomic E-state index is 1.06. The minimum Gasteiger partial charge on any atom is -0.309 e. The predicted octanol–water partition coefficient (Wildman–Crippen LogP) is -0.0639. The first kappa shape index (κ1) is 13.8. The summed E-state index contributed by atoms with van der Waals surface area (Å²) in [6.45, 7) is 4.36. The highest BCUT2D eigenvalue weighted by molar-refractivity contribution is 4.51. The number of nitrogens with zero attached hydrogens (tertiary/aromatic N) is 3. The normalized spacial score (nSPS) is 12.0. The van der Waals surface area contributed by atoms with Gasteiger partial charge < -0.3 is 9.80 Å². The monoisotopic (exact) mass is 202 g/mol. The van der Waals surface area contributed by atoms with E-state index in [-0.39, 0.29) is 0 Å². The van der Waals surface area contributed by atoms with Gasteiger partial charge in [0.1, 0.15) is 0 Å². The van der Waals surface area contributed by atoms with Gasteiger partial charge in [-0.15, -0.1) is 0 Å². The summed E-state index contributed by atoms with van der Waals surface area (Å²) in [4.78, 5) is 4.40. The molecule has 0 saturated carbocycles. The number of hydrogen-bond donors (Lipinski definition) is 1. The fourth-order valence-corrected chi connectivity index (χ4v) is 1.09. The molecule has 0 bridgehead atoms. The van der Waals surface area contributed by atoms with Crippen molar-refractivity contribution in [2.24, 2.45) is 0 Å². The first-order chi connectivity index (χ1) is 6.52. The van der Waals surface area contributed by atoms with E-state index in [1.807, 2.05) is 0 Å². The lowest BCUT2D eigenvalue weighted by Crippen LogP contribution is -2.40. The van der Waals surface area contributed by atoms with Crippen LogP contribution in [0.1, 0.15) is 6.42 Å². The Morgan fingerprint density at radius 1 is 0.786 bits per heavy atom. The standard InChI is InChI=1S/C10H26N4/c1-12(2)8-6-7-11-14(5)10-9-13(3)4/h11H,6-10H2,1-5H3. The van der Waals surface area contributed by atoms with Gasteiger partial charge in [-0.05, 0) is 41.2 Å². The molecule has 0 aliphatic heterocycles. The molecule has 14 heavy (non-hydrogen) atoms. The van der Waals surface area contributed by atoms with E-state index in [2.05, 4.69) is 55.5 Å². The fourth-order valence-electron chi connectivity index (χ4n) is 1.09. The van der Waals surface area contributed by atoms with Crippen molar-refractivity contribution in [1.29, 1.82) is 0 Å². The van der Waals surface area contributed by atoms with Crippen LogP contribution in [-0.2, 0) is 0 Å². The van der Waals surface area contributed by atoms with Crippen molar-refractivity contribution in [3.05, 3.63) is 0 Å². The molecule has 0 rings (SSSR count). The summed E-state index contributed by atoms with van der Waals surface area (Å²) in [6.07, 6.45) is 1.19. The molecule has 0 atom stereocenters. The van der Waals surface area contributed by atoms with Crippen molar-refractivity contribution in [1.82, 2.24) is 20.2 Å². The topological polar surface area (TPSA) is 21.8 Å². The molecule has 0 unspecified atom stereocenters. The third kappa shape index (κ3) is 9.92. The molecule has 4 nitrogen and oxygen atoms in total. The van der Waals surface area contributed by atoms with Crippen molar-refractivity contribution in [3.8, 4) is 0 Å². The number of rotatable bonds is 8. The van der Waals surface area contributed by atoms with E-state index in [0.717, 1.165) is 26.2 Å². The van der Waals surface area contributed by atoms with Crippen LogP contribution in [-0.4, -0.2) is 76.2 Å². The van der Waals surface area contributed by atoms with Gasteiger partial charge in [0, 0.05) is 26.7 Å². The van der Waals surface area contributed by atoms with E-state index in [9.17, 15) is 0 Å². The minimum absolute atomic E-state index is 1.06. The van der Waals surface area contributed by atoms with E-state index in [1.54, 1.807) is 0 Å². The molecule has 0 aromatic carbocycles. The molecule has 0 spiro atoms. The van der Waals surface area contributed by atoms with Gasteiger partial charge in [0.15, 0.2) is 0 Å². The van der Waals surface area contributed by atoms with Crippen molar-refractivity contribution < 1.29 is 0 Å². The number of hydrazine groups is 1. The van der Waals surface area contributed by atoms with Gasteiger partial charge in [-0.25, -0.2) is 5.01 Å². The van der Waals surface area contributed by atoms with E-state index < -0.39 is 0 Å². The third-order valence-electron chi connectivity index (χ3n) is 2.05. The van der Waals surface area contributed by atoms with Crippen LogP contribution in [0.3, 0.4) is 0 Å². The zero-order valence-corrected chi connectivity index (χ0v) is 10.4. The van der Waals surface area contributed by atoms with Gasteiger partial charge in [-0.3, -0.25) is 5.43 Å². The van der Waals surface area contributed by atoms with E-state index in [0.29, 0.717) is 0 Å². The highest BCUT2D eigenvalue weighted by Crippen LogP contribution is 1.83. The molecule has 0 aliphatic carbocycles. The lowest BCUT2D eigenvalue weighted by Gasteiger charge is -2.20. The summed E-state index contributed by atoms with van der Waals surface area (Å²) >= 11 is 0. The molecule has 0 radical (unpaired) electrons. The van der Waals surface area contributed by atoms with Gasteiger partial charge in [0.2, 0.25) is 0 Å². The molecule has 0 aliphatic rings. The highest BCUT2D eigenvalue weighted by Gasteiger charge is 1.97. The van der Waals surface area contributed by atoms with Crippen LogP contribution in [0.15, 0.2) is 0 Å². The van der Waals surface area contributed by atoms with Crippen molar-refractivity contribution in [3.63, 3.8) is 0 Å². The van der Waals surface area contributed by atoms with Crippen LogP contribution in [0.4, 0.5) is 0 Å². The van der Waals surface area contributed by atoms with Crippen LogP contribution in [0, 0.1) is 0 Å². The van der Waals surface area contributed by atoms with Gasteiger partial charge in [0.25, 0.3) is 0 Å². The smallest absolute Gasteiger partial charge is 0.0255 e. The highest BCUT2D eigenvalue weighted by atomic mass is 15.5. The summed E-state index contributed by atoms with van der Waals surface area (Å²) in [5, 5.41) is 2.16. The molecule has 0 amide bonds. The van der Waals surface area contributed by atoms with Gasteiger partial charge >= 0.3 is 0 Å². The van der Waals surface area contributed by atoms with Gasteiger partial charge in [-0.2, -0.15) is 0 Å². The molecule has 86 valence electrons. The Morgan fingerprint density at radius 2 is 1.36 bits per heavy atom. The van der Waals surface area contributed by atoms with Crippen molar-refractivity contribution >= 4 is 0 Å². The van der Waals surface area contributed by atoms with Crippen LogP contribution in [0.5, 0.6) is 0 Å². The Labute approximate surface area is 88.8 Å². The Balaban J connectivity index is 3.22. The van der Waals surface area contributed by atoms with Gasteiger partial charge in [-0.1, -0.05) is 0 Å². The van der Waals surface area contributed by atoms with Crippen LogP contribution in [0.2, 0.25) is 0 Å². The molecule has 0 aromatic heterocycles. The molecular formula is C10H26N4. The molecular weight excluding hydrogens is 176 g/mol. The number of nitrogens with one attached hydrogen (secondary N) is 1. The molecule has 0 aromatic rings. The molecule has 0 saturated heterocycles. The molecule has 4 heteroatoms. The van der Waals surface area contributed by atoms with Crippen LogP contribution < -0.4 is 5.43 Å². The molecule has 0 fully saturated rings. The maximum absolute atomic E-state index is 3.37. The largest absolute Gasteiger partial charge is 0.309 e. The van der Waals surface area contributed by atoms with Crippen LogP contribution >= 0.6 is 0 Å². The summed E-state index contributed by atoms with van der Waals surface area (Å²) in [5.41, 5.74) is 3.37. The summed E-state index contributed by atoms with van der Waals surface area (Å²) < 4.78 is 0. The first-order valence-electron chi connectivity index (χ1n) is 5.26. The fraction of sp³-hybridized carbons (Fsp3) is 1.00. The van der Waals surface area contributed by atoms with Crippen LogP contribution in [0.25, 0.3) is 0 Å². The van der Waals surface area contributed by atoms with Crippen molar-refractivity contribution in [2.75, 3.05) is 61.4 Å². The average molecular weight is 202 g/mol. The summed E-state index contributed by atoms with van der Waals surface area (Å²) in [7, 11) is 10.5. The maximum Gasteiger partial charge on any atom is 0.0255 e. The number of likely N-dealkylation sites (N-methyl/N-ethyl adjacent to an activating group) is 2. The second kappa shape index (κ2) is 8.17. The summed E-state index contributed by atoms with van der Waals surface area (Å²) in [5.74, 6) is 0. The Kier molecular flexibility index (Phi) is 8.08. The zero-order valence-electron chi connectivity index (χ0n) is 10.4. The molecule has 0 heterocycles. The summed E-state index contributed by atoms with van der Waals surface area (Å²) in [6, 6.07) is 0. The Hall–Kier alpha value is -0.160. The second-order valence-electron chi connectivity index (χ2n) is 4.29. The third-order valence-corrected chi connectivity index (χ3v) is 2.05. The number of hydrogen-bond acceptors (Lipinski definition) is 4. The first-order valence-corrected chi connectivity index (χ1v) is 5.26. The van der Waals surface area contributed by atoms with E-state index >= 15 is 0 Å². The SMILES string of the molecule is CN(C)CCCNN(C)CCN(C)C. The quantitative estimate of drug-likeness (QED) is 0.439. The van der Waals surface area contributed by atoms with Gasteiger partial charge in [0.05, 0.1) is 0 Å². The lowest BCUT2D eigenvalue weighted by molar-refractivity contribution is 0.206. The zero-order chi connectivity index (χ0) is 11.0. The van der Waals surface area contributed by atoms with E-state index in [1.165, 1.54) is 6.42 Å². The lowest BCUT2D eigenvalue weighted by atomic mass is 10.4. The van der Waals surface area contributed by atoms with E-state index in [4.69, 9.17) is 0 Å². The Bertz CT molecular complexity index is 125. The molecule has 1 N–H and O–H groups in total. The predicted molar refractivity (Wildman–Crippen MR) is 62.4 cm³/mol. The second-order valence-corrected chi connectivity index (χ2v) is 4.29. The van der Waals surface area contributed by atoms with Crippen molar-refractivity contribution in [2.45, 2.75) is 6.42 Å². The average Bonchev–Trinajstić information content (AvgIpc) is 2.08. The maximum atomic E-state index is 3.37.